The fourth-order valence-corrected chi connectivity index (χ4v) is 3.42. The van der Waals surface area contributed by atoms with Gasteiger partial charge in [0.05, 0.1) is 10.8 Å². The molecular weight excluding hydrogens is 386 g/mol. The molecule has 0 radical (unpaired) electrons. The topological polar surface area (TPSA) is 85.1 Å². The molecule has 1 unspecified atom stereocenters. The maximum atomic E-state index is 10.1. The average Bonchev–Trinajstić information content (AvgIpc) is 3.08. The smallest absolute Gasteiger partial charge is 0.167 e. The molecule has 1 aliphatic heterocycles. The number of halogens is 1. The highest BCUT2D eigenvalue weighted by Gasteiger charge is 2.20. The molecule has 3 aromatic rings. The largest absolute Gasteiger partial charge is 0.506 e. The van der Waals surface area contributed by atoms with Gasteiger partial charge in [-0.1, -0.05) is 12.1 Å². The molecule has 25 heavy (non-hydrogen) atoms. The Kier molecular flexibility index (Phi) is 4.54. The third-order valence-electron chi connectivity index (χ3n) is 4.34. The zero-order valence-corrected chi connectivity index (χ0v) is 15.1. The predicted octanol–water partition coefficient (Wildman–Crippen LogP) is 3.61. The molecule has 4 rings (SSSR count). The lowest BCUT2D eigenvalue weighted by Gasteiger charge is -2.23. The molecule has 2 N–H and O–H groups in total. The minimum Gasteiger partial charge on any atom is -0.506 e. The van der Waals surface area contributed by atoms with E-state index < -0.39 is 0 Å². The third-order valence-corrected chi connectivity index (χ3v) is 4.98. The third kappa shape index (κ3) is 3.19. The van der Waals surface area contributed by atoms with Gasteiger partial charge in [0.2, 0.25) is 0 Å². The van der Waals surface area contributed by atoms with Crippen LogP contribution in [0.4, 0.5) is 5.82 Å². The summed E-state index contributed by atoms with van der Waals surface area (Å²) in [6.45, 7) is 1.20. The molecule has 1 atom stereocenters. The number of fused-ring (bicyclic) bond motifs is 1. The minimum atomic E-state index is -0.0179. The van der Waals surface area contributed by atoms with Crippen molar-refractivity contribution in [2.24, 2.45) is 0 Å². The Labute approximate surface area is 153 Å². The number of ether oxygens (including phenoxy) is 1. The number of benzene rings is 1. The van der Waals surface area contributed by atoms with E-state index in [1.54, 1.807) is 12.4 Å². The first kappa shape index (κ1) is 16.3. The second-order valence-corrected chi connectivity index (χ2v) is 6.82. The number of nitrogens with zero attached hydrogens (tertiary/aromatic N) is 4. The summed E-state index contributed by atoms with van der Waals surface area (Å²) in [5, 5.41) is 13.3. The van der Waals surface area contributed by atoms with Crippen molar-refractivity contribution >= 4 is 32.9 Å². The fourth-order valence-electron chi connectivity index (χ4n) is 3.02. The van der Waals surface area contributed by atoms with Crippen LogP contribution in [0.2, 0.25) is 0 Å². The Balaban J connectivity index is 1.60. The summed E-state index contributed by atoms with van der Waals surface area (Å²) in [4.78, 5) is 13.1. The van der Waals surface area contributed by atoms with Crippen LogP contribution in [0, 0.1) is 0 Å². The Hall–Kier alpha value is -2.19. The second-order valence-electron chi connectivity index (χ2n) is 5.97. The van der Waals surface area contributed by atoms with E-state index in [-0.39, 0.29) is 12.0 Å². The molecule has 8 heteroatoms. The lowest BCUT2D eigenvalue weighted by atomic mass is 10.2. The van der Waals surface area contributed by atoms with Crippen molar-refractivity contribution < 1.29 is 9.84 Å². The van der Waals surface area contributed by atoms with Crippen LogP contribution in [0.25, 0.3) is 11.2 Å². The van der Waals surface area contributed by atoms with Gasteiger partial charge < -0.3 is 15.2 Å². The molecule has 0 saturated carbocycles. The highest BCUT2D eigenvalue weighted by molar-refractivity contribution is 9.10. The number of aromatic hydroxyl groups is 1. The molecule has 3 heterocycles. The van der Waals surface area contributed by atoms with Crippen LogP contribution < -0.4 is 5.32 Å². The standard InChI is InChI=1S/C17H18BrN5O2/c18-12-5-3-4-11(15(12)24)8-19-16-14-17(21-9-20-16)23(10-22-14)13-6-1-2-7-25-13/h3-5,9-10,13,24H,1-2,6-8H2,(H,19,20,21). The lowest BCUT2D eigenvalue weighted by molar-refractivity contribution is -0.0298. The monoisotopic (exact) mass is 403 g/mol. The number of rotatable bonds is 4. The molecule has 130 valence electrons. The quantitative estimate of drug-likeness (QED) is 0.691. The summed E-state index contributed by atoms with van der Waals surface area (Å²) in [5.74, 6) is 0.861. The van der Waals surface area contributed by atoms with Crippen LogP contribution in [-0.2, 0) is 11.3 Å². The van der Waals surface area contributed by atoms with Gasteiger partial charge in [0, 0.05) is 18.7 Å². The number of phenolic OH excluding ortho intramolecular Hbond substituents is 1. The number of para-hydroxylation sites is 1. The van der Waals surface area contributed by atoms with E-state index in [9.17, 15) is 5.11 Å². The first-order valence-electron chi connectivity index (χ1n) is 8.23. The maximum absolute atomic E-state index is 10.1. The fraction of sp³-hybridized carbons (Fsp3) is 0.353. The first-order valence-corrected chi connectivity index (χ1v) is 9.02. The molecule has 0 aliphatic carbocycles. The van der Waals surface area contributed by atoms with Crippen molar-refractivity contribution in [1.82, 2.24) is 19.5 Å². The van der Waals surface area contributed by atoms with E-state index >= 15 is 0 Å². The number of aromatic nitrogens is 4. The number of anilines is 1. The highest BCUT2D eigenvalue weighted by Crippen LogP contribution is 2.29. The minimum absolute atomic E-state index is 0.0179. The van der Waals surface area contributed by atoms with Gasteiger partial charge in [0.15, 0.2) is 17.0 Å². The Morgan fingerprint density at radius 2 is 2.20 bits per heavy atom. The first-order chi connectivity index (χ1) is 12.2. The molecule has 1 aromatic carbocycles. The van der Waals surface area contributed by atoms with Gasteiger partial charge >= 0.3 is 0 Å². The maximum Gasteiger partial charge on any atom is 0.167 e. The zero-order chi connectivity index (χ0) is 17.2. The zero-order valence-electron chi connectivity index (χ0n) is 13.5. The number of hydrogen-bond donors (Lipinski definition) is 2. The lowest BCUT2D eigenvalue weighted by Crippen LogP contribution is -2.17. The van der Waals surface area contributed by atoms with Gasteiger partial charge in [-0.15, -0.1) is 0 Å². The van der Waals surface area contributed by atoms with E-state index in [0.717, 1.165) is 37.1 Å². The van der Waals surface area contributed by atoms with E-state index in [1.165, 1.54) is 6.33 Å². The number of nitrogens with one attached hydrogen (secondary N) is 1. The van der Waals surface area contributed by atoms with Crippen molar-refractivity contribution in [3.05, 3.63) is 40.9 Å². The van der Waals surface area contributed by atoms with E-state index in [4.69, 9.17) is 4.74 Å². The molecule has 1 aliphatic rings. The molecule has 2 aromatic heterocycles. The van der Waals surface area contributed by atoms with Gasteiger partial charge in [0.25, 0.3) is 0 Å². The predicted molar refractivity (Wildman–Crippen MR) is 97.3 cm³/mol. The summed E-state index contributed by atoms with van der Waals surface area (Å²) in [6.07, 6.45) is 6.47. The van der Waals surface area contributed by atoms with Crippen LogP contribution in [0.15, 0.2) is 35.3 Å². The molecule has 7 nitrogen and oxygen atoms in total. The molecule has 1 fully saturated rings. The van der Waals surface area contributed by atoms with Crippen molar-refractivity contribution in [2.45, 2.75) is 32.0 Å². The van der Waals surface area contributed by atoms with Crippen molar-refractivity contribution in [2.75, 3.05) is 11.9 Å². The Bertz CT molecular complexity index is 892. The van der Waals surface area contributed by atoms with Crippen molar-refractivity contribution in [3.63, 3.8) is 0 Å². The number of imidazole rings is 1. The summed E-state index contributed by atoms with van der Waals surface area (Å²) in [5.41, 5.74) is 2.23. The van der Waals surface area contributed by atoms with Crippen LogP contribution in [0.1, 0.15) is 31.1 Å². The van der Waals surface area contributed by atoms with Gasteiger partial charge in [0.1, 0.15) is 18.3 Å². The van der Waals surface area contributed by atoms with Gasteiger partial charge in [-0.25, -0.2) is 15.0 Å². The highest BCUT2D eigenvalue weighted by atomic mass is 79.9. The Morgan fingerprint density at radius 1 is 1.28 bits per heavy atom. The Morgan fingerprint density at radius 3 is 3.04 bits per heavy atom. The van der Waals surface area contributed by atoms with Crippen LogP contribution in [0.3, 0.4) is 0 Å². The summed E-state index contributed by atoms with van der Waals surface area (Å²) < 4.78 is 8.47. The normalized spacial score (nSPS) is 17.7. The van der Waals surface area contributed by atoms with Crippen LogP contribution in [-0.4, -0.2) is 31.2 Å². The molecule has 1 saturated heterocycles. The molecule has 0 spiro atoms. The number of phenols is 1. The van der Waals surface area contributed by atoms with Gasteiger partial charge in [-0.05, 0) is 41.3 Å². The summed E-state index contributed by atoms with van der Waals surface area (Å²) in [6, 6.07) is 5.54. The molecular formula is C17H18BrN5O2. The summed E-state index contributed by atoms with van der Waals surface area (Å²) >= 11 is 3.33. The average molecular weight is 404 g/mol. The summed E-state index contributed by atoms with van der Waals surface area (Å²) in [7, 11) is 0. The van der Waals surface area contributed by atoms with Crippen molar-refractivity contribution in [1.29, 1.82) is 0 Å². The molecule has 0 amide bonds. The number of hydrogen-bond acceptors (Lipinski definition) is 6. The van der Waals surface area contributed by atoms with Crippen LogP contribution >= 0.6 is 15.9 Å². The van der Waals surface area contributed by atoms with Gasteiger partial charge in [-0.3, -0.25) is 4.57 Å². The van der Waals surface area contributed by atoms with Crippen molar-refractivity contribution in [3.8, 4) is 5.75 Å². The SMILES string of the molecule is Oc1c(Br)cccc1CNc1ncnc2c1ncn2C1CCCCO1. The molecule has 0 bridgehead atoms. The van der Waals surface area contributed by atoms with Gasteiger partial charge in [-0.2, -0.15) is 0 Å². The van der Waals surface area contributed by atoms with Crippen LogP contribution in [0.5, 0.6) is 5.75 Å². The van der Waals surface area contributed by atoms with E-state index in [0.29, 0.717) is 22.4 Å². The van der Waals surface area contributed by atoms with E-state index in [2.05, 4.69) is 36.2 Å². The van der Waals surface area contributed by atoms with E-state index in [1.807, 2.05) is 16.7 Å². The second kappa shape index (κ2) is 6.97.